The third-order valence-electron chi connectivity index (χ3n) is 2.36. The van der Waals surface area contributed by atoms with Gasteiger partial charge in [0.05, 0.1) is 0 Å². The minimum Gasteiger partial charge on any atom is -0.480 e. The largest absolute Gasteiger partial charge is 0.480 e. The topological polar surface area (TPSA) is 62.2 Å². The number of aromatic nitrogens is 1. The van der Waals surface area contributed by atoms with Crippen molar-refractivity contribution < 1.29 is 9.90 Å². The maximum atomic E-state index is 11.1. The second-order valence-electron chi connectivity index (χ2n) is 3.57. The summed E-state index contributed by atoms with van der Waals surface area (Å²) in [5, 5.41) is 15.9. The molecule has 0 saturated carbocycles. The summed E-state index contributed by atoms with van der Waals surface area (Å²) >= 11 is 1.49. The SMILES string of the molecule is O=C(O)C(NCc1cccnc1)c1ccsc1. The van der Waals surface area contributed by atoms with Crippen molar-refractivity contribution in [3.63, 3.8) is 0 Å². The highest BCUT2D eigenvalue weighted by molar-refractivity contribution is 7.08. The van der Waals surface area contributed by atoms with E-state index in [1.165, 1.54) is 11.3 Å². The Morgan fingerprint density at radius 3 is 3.00 bits per heavy atom. The molecule has 2 aromatic rings. The fourth-order valence-electron chi connectivity index (χ4n) is 1.51. The van der Waals surface area contributed by atoms with Gasteiger partial charge in [0.1, 0.15) is 6.04 Å². The van der Waals surface area contributed by atoms with Crippen molar-refractivity contribution in [2.75, 3.05) is 0 Å². The van der Waals surface area contributed by atoms with E-state index in [-0.39, 0.29) is 0 Å². The molecule has 0 aromatic carbocycles. The highest BCUT2D eigenvalue weighted by Crippen LogP contribution is 2.17. The number of pyridine rings is 1. The number of carbonyl (C=O) groups is 1. The van der Waals surface area contributed by atoms with Gasteiger partial charge in [0.15, 0.2) is 0 Å². The lowest BCUT2D eigenvalue weighted by atomic mass is 10.1. The lowest BCUT2D eigenvalue weighted by molar-refractivity contribution is -0.139. The molecule has 0 aliphatic heterocycles. The van der Waals surface area contributed by atoms with Crippen LogP contribution in [-0.4, -0.2) is 16.1 Å². The van der Waals surface area contributed by atoms with E-state index in [1.54, 1.807) is 12.4 Å². The van der Waals surface area contributed by atoms with Crippen LogP contribution >= 0.6 is 11.3 Å². The zero-order chi connectivity index (χ0) is 12.1. The van der Waals surface area contributed by atoms with E-state index in [4.69, 9.17) is 5.11 Å². The highest BCUT2D eigenvalue weighted by Gasteiger charge is 2.19. The van der Waals surface area contributed by atoms with Crippen molar-refractivity contribution in [3.8, 4) is 0 Å². The molecule has 4 nitrogen and oxygen atoms in total. The fraction of sp³-hybridized carbons (Fsp3) is 0.167. The summed E-state index contributed by atoms with van der Waals surface area (Å²) in [5.41, 5.74) is 1.75. The molecular formula is C12H12N2O2S. The first-order valence-corrected chi connectivity index (χ1v) is 6.09. The third kappa shape index (κ3) is 3.12. The minimum atomic E-state index is -0.868. The molecule has 88 valence electrons. The van der Waals surface area contributed by atoms with Gasteiger partial charge in [0.25, 0.3) is 0 Å². The van der Waals surface area contributed by atoms with Crippen LogP contribution in [0.4, 0.5) is 0 Å². The van der Waals surface area contributed by atoms with Gasteiger partial charge in [-0.1, -0.05) is 6.07 Å². The monoisotopic (exact) mass is 248 g/mol. The summed E-state index contributed by atoms with van der Waals surface area (Å²) < 4.78 is 0. The van der Waals surface area contributed by atoms with Gasteiger partial charge in [-0.05, 0) is 34.0 Å². The lowest BCUT2D eigenvalue weighted by Gasteiger charge is -2.12. The first-order valence-electron chi connectivity index (χ1n) is 5.14. The highest BCUT2D eigenvalue weighted by atomic mass is 32.1. The Hall–Kier alpha value is -1.72. The predicted octanol–water partition coefficient (Wildman–Crippen LogP) is 2.06. The van der Waals surface area contributed by atoms with Gasteiger partial charge in [-0.3, -0.25) is 15.1 Å². The fourth-order valence-corrected chi connectivity index (χ4v) is 2.20. The van der Waals surface area contributed by atoms with Crippen molar-refractivity contribution >= 4 is 17.3 Å². The quantitative estimate of drug-likeness (QED) is 0.850. The number of carboxylic acids is 1. The standard InChI is InChI=1S/C12H12N2O2S/c15-12(16)11(10-3-5-17-8-10)14-7-9-2-1-4-13-6-9/h1-6,8,11,14H,7H2,(H,15,16). The molecule has 1 atom stereocenters. The van der Waals surface area contributed by atoms with E-state index < -0.39 is 12.0 Å². The van der Waals surface area contributed by atoms with Gasteiger partial charge in [0, 0.05) is 18.9 Å². The van der Waals surface area contributed by atoms with Crippen molar-refractivity contribution in [1.29, 1.82) is 0 Å². The molecule has 0 spiro atoms. The smallest absolute Gasteiger partial charge is 0.325 e. The van der Waals surface area contributed by atoms with Crippen LogP contribution in [0.2, 0.25) is 0 Å². The van der Waals surface area contributed by atoms with Crippen molar-refractivity contribution in [2.24, 2.45) is 0 Å². The summed E-state index contributed by atoms with van der Waals surface area (Å²) in [7, 11) is 0. The summed E-state index contributed by atoms with van der Waals surface area (Å²) in [4.78, 5) is 15.1. The van der Waals surface area contributed by atoms with Crippen LogP contribution in [0.25, 0.3) is 0 Å². The Kier molecular flexibility index (Phi) is 3.85. The zero-order valence-electron chi connectivity index (χ0n) is 9.04. The average Bonchev–Trinajstić information content (AvgIpc) is 2.84. The molecule has 0 aliphatic carbocycles. The van der Waals surface area contributed by atoms with Gasteiger partial charge in [-0.25, -0.2) is 0 Å². The van der Waals surface area contributed by atoms with E-state index in [2.05, 4.69) is 10.3 Å². The summed E-state index contributed by atoms with van der Waals surface area (Å²) in [5.74, 6) is -0.868. The van der Waals surface area contributed by atoms with Crippen LogP contribution in [0.1, 0.15) is 17.2 Å². The molecule has 2 N–H and O–H groups in total. The summed E-state index contributed by atoms with van der Waals surface area (Å²) in [6.45, 7) is 0.487. The molecule has 0 fully saturated rings. The van der Waals surface area contributed by atoms with Gasteiger partial charge in [-0.2, -0.15) is 11.3 Å². The van der Waals surface area contributed by atoms with Crippen LogP contribution in [0.3, 0.4) is 0 Å². The first-order chi connectivity index (χ1) is 8.27. The molecule has 0 aliphatic rings. The number of hydrogen-bond donors (Lipinski definition) is 2. The lowest BCUT2D eigenvalue weighted by Crippen LogP contribution is -2.27. The number of nitrogens with zero attached hydrogens (tertiary/aromatic N) is 1. The van der Waals surface area contributed by atoms with Gasteiger partial charge in [0.2, 0.25) is 0 Å². The van der Waals surface area contributed by atoms with Gasteiger partial charge in [-0.15, -0.1) is 0 Å². The summed E-state index contributed by atoms with van der Waals surface area (Å²) in [6.07, 6.45) is 3.41. The Labute approximate surface area is 103 Å². The predicted molar refractivity (Wildman–Crippen MR) is 65.8 cm³/mol. The molecule has 2 rings (SSSR count). The van der Waals surface area contributed by atoms with E-state index in [0.29, 0.717) is 6.54 Å². The Balaban J connectivity index is 2.03. The number of thiophene rings is 1. The second-order valence-corrected chi connectivity index (χ2v) is 4.35. The van der Waals surface area contributed by atoms with Crippen LogP contribution in [0, 0.1) is 0 Å². The molecule has 0 radical (unpaired) electrons. The minimum absolute atomic E-state index is 0.487. The number of carboxylic acid groups (broad SMARTS) is 1. The van der Waals surface area contributed by atoms with Crippen LogP contribution in [0.5, 0.6) is 0 Å². The molecule has 1 unspecified atom stereocenters. The van der Waals surface area contributed by atoms with E-state index in [0.717, 1.165) is 11.1 Å². The Morgan fingerprint density at radius 1 is 1.53 bits per heavy atom. The number of aliphatic carboxylic acids is 1. The van der Waals surface area contributed by atoms with E-state index in [1.807, 2.05) is 29.0 Å². The van der Waals surface area contributed by atoms with Crippen molar-refractivity contribution in [2.45, 2.75) is 12.6 Å². The molecule has 0 saturated heterocycles. The normalized spacial score (nSPS) is 12.2. The van der Waals surface area contributed by atoms with Crippen LogP contribution < -0.4 is 5.32 Å². The number of nitrogens with one attached hydrogen (secondary N) is 1. The van der Waals surface area contributed by atoms with E-state index >= 15 is 0 Å². The molecule has 0 amide bonds. The zero-order valence-corrected chi connectivity index (χ0v) is 9.85. The van der Waals surface area contributed by atoms with Gasteiger partial charge < -0.3 is 5.11 Å². The van der Waals surface area contributed by atoms with Crippen LogP contribution in [0.15, 0.2) is 41.4 Å². The Bertz CT molecular complexity index is 471. The average molecular weight is 248 g/mol. The molecule has 2 aromatic heterocycles. The van der Waals surface area contributed by atoms with Crippen molar-refractivity contribution in [1.82, 2.24) is 10.3 Å². The third-order valence-corrected chi connectivity index (χ3v) is 3.06. The van der Waals surface area contributed by atoms with Crippen molar-refractivity contribution in [3.05, 3.63) is 52.5 Å². The molecule has 2 heterocycles. The number of hydrogen-bond acceptors (Lipinski definition) is 4. The maximum Gasteiger partial charge on any atom is 0.325 e. The molecular weight excluding hydrogens is 236 g/mol. The molecule has 17 heavy (non-hydrogen) atoms. The first kappa shape index (κ1) is 11.8. The Morgan fingerprint density at radius 2 is 2.41 bits per heavy atom. The molecule has 5 heteroatoms. The maximum absolute atomic E-state index is 11.1. The van der Waals surface area contributed by atoms with E-state index in [9.17, 15) is 4.79 Å². The van der Waals surface area contributed by atoms with Crippen LogP contribution in [-0.2, 0) is 11.3 Å². The number of rotatable bonds is 5. The van der Waals surface area contributed by atoms with Gasteiger partial charge >= 0.3 is 5.97 Å². The summed E-state index contributed by atoms with van der Waals surface area (Å²) in [6, 6.07) is 4.89. The molecule has 0 bridgehead atoms. The second kappa shape index (κ2) is 5.56.